The summed E-state index contributed by atoms with van der Waals surface area (Å²) in [5.41, 5.74) is 0. The number of rotatable bonds is 6. The predicted molar refractivity (Wildman–Crippen MR) is 78.3 cm³/mol. The maximum Gasteiger partial charge on any atom is 0.242 e. The second-order valence-electron chi connectivity index (χ2n) is 5.96. The average Bonchev–Trinajstić information content (AvgIpc) is 3.30. The largest absolute Gasteiger partial charge is 0.353 e. The van der Waals surface area contributed by atoms with Gasteiger partial charge in [0, 0.05) is 32.1 Å². The van der Waals surface area contributed by atoms with E-state index in [0.29, 0.717) is 13.0 Å². The molecule has 0 aromatic rings. The Balaban J connectivity index is 1.77. The third-order valence-corrected chi connectivity index (χ3v) is 4.36. The first-order valence-electron chi connectivity index (χ1n) is 7.91. The van der Waals surface area contributed by atoms with E-state index in [1.807, 2.05) is 6.92 Å². The molecule has 1 atom stereocenters. The SMILES string of the molecule is CCC(=O)N1CCCCC1C(=O)NCCN(C)C1CC1. The lowest BCUT2D eigenvalue weighted by Crippen LogP contribution is -2.52. The van der Waals surface area contributed by atoms with E-state index in [1.54, 1.807) is 4.90 Å². The van der Waals surface area contributed by atoms with Gasteiger partial charge < -0.3 is 15.1 Å². The zero-order valence-electron chi connectivity index (χ0n) is 12.7. The minimum Gasteiger partial charge on any atom is -0.353 e. The van der Waals surface area contributed by atoms with E-state index < -0.39 is 0 Å². The van der Waals surface area contributed by atoms with Gasteiger partial charge in [0.1, 0.15) is 6.04 Å². The van der Waals surface area contributed by atoms with Crippen LogP contribution in [0.2, 0.25) is 0 Å². The number of piperidine rings is 1. The average molecular weight is 281 g/mol. The Bertz CT molecular complexity index is 355. The zero-order valence-corrected chi connectivity index (χ0v) is 12.7. The fourth-order valence-electron chi connectivity index (χ4n) is 2.88. The quantitative estimate of drug-likeness (QED) is 0.790. The summed E-state index contributed by atoms with van der Waals surface area (Å²) in [6.07, 6.45) is 5.90. The van der Waals surface area contributed by atoms with Gasteiger partial charge in [0.25, 0.3) is 0 Å². The Morgan fingerprint density at radius 2 is 2.00 bits per heavy atom. The molecule has 2 fully saturated rings. The van der Waals surface area contributed by atoms with Crippen LogP contribution in [0.3, 0.4) is 0 Å². The van der Waals surface area contributed by atoms with Gasteiger partial charge in [0.05, 0.1) is 0 Å². The lowest BCUT2D eigenvalue weighted by Gasteiger charge is -2.34. The molecule has 1 heterocycles. The highest BCUT2D eigenvalue weighted by Crippen LogP contribution is 2.24. The van der Waals surface area contributed by atoms with Gasteiger partial charge in [-0.3, -0.25) is 9.59 Å². The van der Waals surface area contributed by atoms with Crippen LogP contribution in [0, 0.1) is 0 Å². The number of nitrogens with one attached hydrogen (secondary N) is 1. The molecule has 1 saturated carbocycles. The second-order valence-corrected chi connectivity index (χ2v) is 5.96. The highest BCUT2D eigenvalue weighted by Gasteiger charge is 2.31. The number of likely N-dealkylation sites (tertiary alicyclic amines) is 1. The van der Waals surface area contributed by atoms with E-state index in [2.05, 4.69) is 17.3 Å². The van der Waals surface area contributed by atoms with Crippen molar-refractivity contribution in [3.8, 4) is 0 Å². The summed E-state index contributed by atoms with van der Waals surface area (Å²) in [5, 5.41) is 3.00. The van der Waals surface area contributed by atoms with Gasteiger partial charge in [-0.05, 0) is 39.2 Å². The standard InChI is InChI=1S/C15H27N3O2/c1-3-14(19)18-10-5-4-6-13(18)15(20)16-9-11-17(2)12-7-8-12/h12-13H,3-11H2,1-2H3,(H,16,20). The van der Waals surface area contributed by atoms with E-state index in [-0.39, 0.29) is 17.9 Å². The maximum absolute atomic E-state index is 12.3. The fraction of sp³-hybridized carbons (Fsp3) is 0.867. The Morgan fingerprint density at radius 1 is 1.25 bits per heavy atom. The van der Waals surface area contributed by atoms with E-state index in [0.717, 1.165) is 38.4 Å². The molecule has 0 radical (unpaired) electrons. The second kappa shape index (κ2) is 7.07. The summed E-state index contributed by atoms with van der Waals surface area (Å²) in [5.74, 6) is 0.121. The summed E-state index contributed by atoms with van der Waals surface area (Å²) in [4.78, 5) is 28.2. The normalized spacial score (nSPS) is 22.9. The van der Waals surface area contributed by atoms with E-state index in [1.165, 1.54) is 12.8 Å². The number of amides is 2. The lowest BCUT2D eigenvalue weighted by molar-refractivity contribution is -0.142. The van der Waals surface area contributed by atoms with Crippen molar-refractivity contribution in [1.82, 2.24) is 15.1 Å². The van der Waals surface area contributed by atoms with Crippen molar-refractivity contribution in [2.24, 2.45) is 0 Å². The van der Waals surface area contributed by atoms with E-state index in [9.17, 15) is 9.59 Å². The summed E-state index contributed by atoms with van der Waals surface area (Å²) in [7, 11) is 2.11. The van der Waals surface area contributed by atoms with Crippen molar-refractivity contribution in [3.05, 3.63) is 0 Å². The molecule has 1 N–H and O–H groups in total. The number of carbonyl (C=O) groups is 2. The van der Waals surface area contributed by atoms with Crippen LogP contribution in [0.25, 0.3) is 0 Å². The van der Waals surface area contributed by atoms with Crippen LogP contribution in [0.1, 0.15) is 45.4 Å². The number of hydrogen-bond donors (Lipinski definition) is 1. The fourth-order valence-corrected chi connectivity index (χ4v) is 2.88. The topological polar surface area (TPSA) is 52.7 Å². The first kappa shape index (κ1) is 15.3. The number of carbonyl (C=O) groups excluding carboxylic acids is 2. The van der Waals surface area contributed by atoms with Crippen molar-refractivity contribution < 1.29 is 9.59 Å². The van der Waals surface area contributed by atoms with Gasteiger partial charge in [-0.15, -0.1) is 0 Å². The molecule has 0 bridgehead atoms. The monoisotopic (exact) mass is 281 g/mol. The molecular weight excluding hydrogens is 254 g/mol. The molecule has 2 amide bonds. The first-order chi connectivity index (χ1) is 9.63. The first-order valence-corrected chi connectivity index (χ1v) is 7.91. The highest BCUT2D eigenvalue weighted by atomic mass is 16.2. The smallest absolute Gasteiger partial charge is 0.242 e. The van der Waals surface area contributed by atoms with Gasteiger partial charge in [0.2, 0.25) is 11.8 Å². The molecule has 1 unspecified atom stereocenters. The zero-order chi connectivity index (χ0) is 14.5. The molecule has 2 aliphatic rings. The predicted octanol–water partition coefficient (Wildman–Crippen LogP) is 0.988. The molecule has 20 heavy (non-hydrogen) atoms. The third-order valence-electron chi connectivity index (χ3n) is 4.36. The summed E-state index contributed by atoms with van der Waals surface area (Å²) in [6, 6.07) is 0.474. The molecule has 0 aromatic carbocycles. The van der Waals surface area contributed by atoms with Crippen molar-refractivity contribution in [2.45, 2.75) is 57.5 Å². The Kier molecular flexibility index (Phi) is 5.40. The van der Waals surface area contributed by atoms with E-state index in [4.69, 9.17) is 0 Å². The van der Waals surface area contributed by atoms with Crippen LogP contribution in [-0.2, 0) is 9.59 Å². The van der Waals surface area contributed by atoms with Crippen molar-refractivity contribution in [2.75, 3.05) is 26.7 Å². The number of nitrogens with zero attached hydrogens (tertiary/aromatic N) is 2. The molecule has 5 nitrogen and oxygen atoms in total. The van der Waals surface area contributed by atoms with Crippen molar-refractivity contribution in [1.29, 1.82) is 0 Å². The van der Waals surface area contributed by atoms with Gasteiger partial charge in [-0.2, -0.15) is 0 Å². The Hall–Kier alpha value is -1.10. The van der Waals surface area contributed by atoms with Crippen LogP contribution >= 0.6 is 0 Å². The Labute approximate surface area is 121 Å². The van der Waals surface area contributed by atoms with Crippen molar-refractivity contribution >= 4 is 11.8 Å². The summed E-state index contributed by atoms with van der Waals surface area (Å²) < 4.78 is 0. The van der Waals surface area contributed by atoms with E-state index >= 15 is 0 Å². The number of hydrogen-bond acceptors (Lipinski definition) is 3. The molecule has 5 heteroatoms. The minimum atomic E-state index is -0.248. The van der Waals surface area contributed by atoms with Crippen LogP contribution in [0.4, 0.5) is 0 Å². The molecule has 1 aliphatic carbocycles. The number of likely N-dealkylation sites (N-methyl/N-ethyl adjacent to an activating group) is 1. The van der Waals surface area contributed by atoms with Gasteiger partial charge in [-0.1, -0.05) is 6.92 Å². The van der Waals surface area contributed by atoms with Crippen molar-refractivity contribution in [3.63, 3.8) is 0 Å². The third kappa shape index (κ3) is 3.95. The van der Waals surface area contributed by atoms with Crippen LogP contribution in [0.5, 0.6) is 0 Å². The molecule has 1 saturated heterocycles. The molecule has 2 rings (SSSR count). The molecule has 114 valence electrons. The lowest BCUT2D eigenvalue weighted by atomic mass is 10.0. The Morgan fingerprint density at radius 3 is 2.65 bits per heavy atom. The van der Waals surface area contributed by atoms with Gasteiger partial charge in [0.15, 0.2) is 0 Å². The molecule has 0 aromatic heterocycles. The summed E-state index contributed by atoms with van der Waals surface area (Å²) >= 11 is 0. The van der Waals surface area contributed by atoms with Crippen LogP contribution in [-0.4, -0.2) is 60.4 Å². The molecule has 0 spiro atoms. The highest BCUT2D eigenvalue weighted by molar-refractivity contribution is 5.87. The van der Waals surface area contributed by atoms with Crippen LogP contribution < -0.4 is 5.32 Å². The minimum absolute atomic E-state index is 0.0238. The summed E-state index contributed by atoms with van der Waals surface area (Å²) in [6.45, 7) is 4.16. The van der Waals surface area contributed by atoms with Crippen LogP contribution in [0.15, 0.2) is 0 Å². The molecule has 1 aliphatic heterocycles. The maximum atomic E-state index is 12.3. The van der Waals surface area contributed by atoms with Gasteiger partial charge >= 0.3 is 0 Å². The van der Waals surface area contributed by atoms with Gasteiger partial charge in [-0.25, -0.2) is 0 Å². The molecular formula is C15H27N3O2.